The molecule has 0 amide bonds. The molecule has 2 fully saturated rings. The van der Waals surface area contributed by atoms with Crippen LogP contribution in [0.2, 0.25) is 0 Å². The number of nitrogens with one attached hydrogen (secondary N) is 2. The zero-order valence-corrected chi connectivity index (χ0v) is 18.7. The first kappa shape index (κ1) is 23.4. The first-order chi connectivity index (χ1) is 16.2. The van der Waals surface area contributed by atoms with Gasteiger partial charge in [0, 0.05) is 19.6 Å². The summed E-state index contributed by atoms with van der Waals surface area (Å²) >= 11 is 0. The lowest BCUT2D eigenvalue weighted by Gasteiger charge is -2.32. The maximum atomic E-state index is 10.6. The summed E-state index contributed by atoms with van der Waals surface area (Å²) in [6, 6.07) is 18.7. The number of carbonyl (C=O) groups is 1. The molecule has 2 unspecified atom stereocenters. The Labute approximate surface area is 194 Å². The zero-order chi connectivity index (χ0) is 22.9. The van der Waals surface area contributed by atoms with E-state index in [9.17, 15) is 4.79 Å². The van der Waals surface area contributed by atoms with Crippen molar-refractivity contribution >= 4 is 12.2 Å². The molecule has 0 aliphatic carbocycles. The molecule has 176 valence electrons. The molecule has 8 heteroatoms. The third-order valence-corrected chi connectivity index (χ3v) is 6.08. The maximum absolute atomic E-state index is 10.6. The average molecular weight is 453 g/mol. The van der Waals surface area contributed by atoms with Gasteiger partial charge in [-0.15, -0.1) is 0 Å². The van der Waals surface area contributed by atoms with Crippen LogP contribution in [0.25, 0.3) is 0 Å². The molecule has 8 nitrogen and oxygen atoms in total. The largest absolute Gasteiger partial charge is 0.480 e. The number of hydrazone groups is 1. The van der Waals surface area contributed by atoms with E-state index < -0.39 is 5.97 Å². The Bertz CT molecular complexity index is 898. The third-order valence-electron chi connectivity index (χ3n) is 6.08. The van der Waals surface area contributed by atoms with Gasteiger partial charge in [0.15, 0.2) is 0 Å². The summed E-state index contributed by atoms with van der Waals surface area (Å²) in [6.07, 6.45) is 4.65. The Morgan fingerprint density at radius 3 is 2.67 bits per heavy atom. The Kier molecular flexibility index (Phi) is 8.43. The summed E-state index contributed by atoms with van der Waals surface area (Å²) in [7, 11) is 0. The van der Waals surface area contributed by atoms with Crippen LogP contribution in [0.5, 0.6) is 0 Å². The summed E-state index contributed by atoms with van der Waals surface area (Å²) in [6.45, 7) is 3.17. The smallest absolute Gasteiger partial charge is 0.329 e. The molecule has 0 spiro atoms. The highest BCUT2D eigenvalue weighted by Gasteiger charge is 2.30. The lowest BCUT2D eigenvalue weighted by atomic mass is 10.0. The molecule has 2 heterocycles. The molecule has 33 heavy (non-hydrogen) atoms. The van der Waals surface area contributed by atoms with Crippen molar-refractivity contribution < 1.29 is 19.5 Å². The van der Waals surface area contributed by atoms with Crippen LogP contribution < -0.4 is 10.9 Å². The van der Waals surface area contributed by atoms with E-state index in [1.165, 1.54) is 11.1 Å². The fraction of sp³-hybridized carbons (Fsp3) is 0.440. The molecule has 2 aliphatic heterocycles. The molecule has 0 bridgehead atoms. The quantitative estimate of drug-likeness (QED) is 0.377. The van der Waals surface area contributed by atoms with Gasteiger partial charge in [0.25, 0.3) is 0 Å². The molecular weight excluding hydrogens is 420 g/mol. The fourth-order valence-electron chi connectivity index (χ4n) is 4.26. The van der Waals surface area contributed by atoms with Crippen molar-refractivity contribution in [2.75, 3.05) is 26.2 Å². The van der Waals surface area contributed by atoms with Crippen LogP contribution in [0.4, 0.5) is 0 Å². The van der Waals surface area contributed by atoms with Gasteiger partial charge in [-0.1, -0.05) is 54.6 Å². The summed E-state index contributed by atoms with van der Waals surface area (Å²) < 4.78 is 5.42. The Balaban J connectivity index is 1.17. The highest BCUT2D eigenvalue weighted by atomic mass is 16.7. The van der Waals surface area contributed by atoms with Gasteiger partial charge in [0.1, 0.15) is 6.61 Å². The van der Waals surface area contributed by atoms with Crippen LogP contribution >= 0.6 is 0 Å². The molecule has 2 saturated heterocycles. The number of hydrogen-bond donors (Lipinski definition) is 3. The van der Waals surface area contributed by atoms with E-state index in [0.717, 1.165) is 44.5 Å². The zero-order valence-electron chi connectivity index (χ0n) is 18.7. The normalized spacial score (nSPS) is 22.1. The van der Waals surface area contributed by atoms with Gasteiger partial charge in [0.05, 0.1) is 31.0 Å². The Hall–Kier alpha value is -2.78. The number of likely N-dealkylation sites (tertiary alicyclic amines) is 1. The number of aliphatic carboxylic acids is 1. The number of ether oxygens (including phenoxy) is 1. The van der Waals surface area contributed by atoms with E-state index in [0.29, 0.717) is 6.54 Å². The van der Waals surface area contributed by atoms with Crippen LogP contribution in [0, 0.1) is 0 Å². The van der Waals surface area contributed by atoms with Crippen LogP contribution in [-0.2, 0) is 20.9 Å². The number of hydrogen-bond acceptors (Lipinski definition) is 7. The van der Waals surface area contributed by atoms with Crippen molar-refractivity contribution in [2.45, 2.75) is 44.1 Å². The van der Waals surface area contributed by atoms with Crippen molar-refractivity contribution in [3.05, 3.63) is 71.3 Å². The monoisotopic (exact) mass is 452 g/mol. The standard InChI is InChI=1S/C25H32N4O4/c30-25(31)18-32-22-10-12-29(13-11-22)17-23-14-24(28-33-23)21-8-6-20(7-9-21)16-27-26-15-19-4-2-1-3-5-19/h1-9,16,22-24,26,28H,10-15,17-18H2,(H,30,31). The van der Waals surface area contributed by atoms with E-state index in [-0.39, 0.29) is 24.9 Å². The molecule has 2 aromatic rings. The number of hydroxylamine groups is 1. The average Bonchev–Trinajstić information content (AvgIpc) is 3.31. The lowest BCUT2D eigenvalue weighted by molar-refractivity contribution is -0.145. The van der Waals surface area contributed by atoms with Crippen LogP contribution in [0.1, 0.15) is 42.0 Å². The topological polar surface area (TPSA) is 95.4 Å². The molecule has 0 aromatic heterocycles. The van der Waals surface area contributed by atoms with Gasteiger partial charge in [-0.2, -0.15) is 10.6 Å². The second kappa shape index (κ2) is 11.9. The van der Waals surface area contributed by atoms with Crippen molar-refractivity contribution in [3.8, 4) is 0 Å². The minimum Gasteiger partial charge on any atom is -0.480 e. The number of benzene rings is 2. The highest BCUT2D eigenvalue weighted by molar-refractivity contribution is 5.79. The highest BCUT2D eigenvalue weighted by Crippen LogP contribution is 2.26. The maximum Gasteiger partial charge on any atom is 0.329 e. The number of carboxylic acid groups (broad SMARTS) is 1. The van der Waals surface area contributed by atoms with E-state index >= 15 is 0 Å². The lowest BCUT2D eigenvalue weighted by Crippen LogP contribution is -2.41. The molecule has 2 aromatic carbocycles. The van der Waals surface area contributed by atoms with Crippen LogP contribution in [0.3, 0.4) is 0 Å². The van der Waals surface area contributed by atoms with Crippen LogP contribution in [0.15, 0.2) is 59.7 Å². The number of rotatable bonds is 10. The Morgan fingerprint density at radius 1 is 1.18 bits per heavy atom. The number of nitrogens with zero attached hydrogens (tertiary/aromatic N) is 2. The van der Waals surface area contributed by atoms with E-state index in [1.807, 2.05) is 24.4 Å². The van der Waals surface area contributed by atoms with Gasteiger partial charge in [0.2, 0.25) is 0 Å². The van der Waals surface area contributed by atoms with Gasteiger partial charge < -0.3 is 20.2 Å². The SMILES string of the molecule is O=C(O)COC1CCN(CC2CC(c3ccc(C=NNCc4ccccc4)cc3)NO2)CC1. The first-order valence-electron chi connectivity index (χ1n) is 11.5. The number of carboxylic acids is 1. The van der Waals surface area contributed by atoms with Crippen molar-refractivity contribution in [1.82, 2.24) is 15.8 Å². The first-order valence-corrected chi connectivity index (χ1v) is 11.5. The van der Waals surface area contributed by atoms with Crippen LogP contribution in [-0.4, -0.2) is 60.6 Å². The second-order valence-corrected chi connectivity index (χ2v) is 8.60. The van der Waals surface area contributed by atoms with Crippen molar-refractivity contribution in [1.29, 1.82) is 0 Å². The van der Waals surface area contributed by atoms with E-state index in [2.05, 4.69) is 57.3 Å². The Morgan fingerprint density at radius 2 is 1.94 bits per heavy atom. The predicted octanol–water partition coefficient (Wildman–Crippen LogP) is 2.71. The van der Waals surface area contributed by atoms with Crippen molar-refractivity contribution in [2.24, 2.45) is 5.10 Å². The van der Waals surface area contributed by atoms with Crippen molar-refractivity contribution in [3.63, 3.8) is 0 Å². The third kappa shape index (κ3) is 7.36. The minimum absolute atomic E-state index is 0.0447. The summed E-state index contributed by atoms with van der Waals surface area (Å²) in [5.74, 6) is -0.908. The fourth-order valence-corrected chi connectivity index (χ4v) is 4.26. The van der Waals surface area contributed by atoms with Gasteiger partial charge in [-0.25, -0.2) is 4.79 Å². The molecule has 0 saturated carbocycles. The number of piperidine rings is 1. The second-order valence-electron chi connectivity index (χ2n) is 8.60. The summed E-state index contributed by atoms with van der Waals surface area (Å²) in [4.78, 5) is 18.9. The van der Waals surface area contributed by atoms with E-state index in [4.69, 9.17) is 14.7 Å². The summed E-state index contributed by atoms with van der Waals surface area (Å²) in [5.41, 5.74) is 9.70. The molecule has 2 aliphatic rings. The van der Waals surface area contributed by atoms with Gasteiger partial charge in [-0.05, 0) is 36.0 Å². The predicted molar refractivity (Wildman–Crippen MR) is 126 cm³/mol. The van der Waals surface area contributed by atoms with Gasteiger partial charge in [-0.3, -0.25) is 4.84 Å². The molecule has 0 radical (unpaired) electrons. The summed E-state index contributed by atoms with van der Waals surface area (Å²) in [5, 5.41) is 13.0. The van der Waals surface area contributed by atoms with E-state index in [1.54, 1.807) is 0 Å². The molecular formula is C25H32N4O4. The minimum atomic E-state index is -0.908. The molecule has 2 atom stereocenters. The van der Waals surface area contributed by atoms with Gasteiger partial charge >= 0.3 is 5.97 Å². The molecule has 3 N–H and O–H groups in total. The molecule has 4 rings (SSSR count).